The normalized spacial score (nSPS) is 49.0. The van der Waals surface area contributed by atoms with Crippen LogP contribution in [-0.4, -0.2) is 74.3 Å². The molecule has 9 nitrogen and oxygen atoms in total. The number of carbonyl (C=O) groups is 3. The first-order valence-electron chi connectivity index (χ1n) is 14.0. The molecule has 0 aromatic heterocycles. The van der Waals surface area contributed by atoms with Crippen LogP contribution in [-0.2, 0) is 28.6 Å². The van der Waals surface area contributed by atoms with Crippen molar-refractivity contribution in [2.24, 2.45) is 22.7 Å². The minimum absolute atomic E-state index is 0.0872. The maximum atomic E-state index is 13.6. The minimum atomic E-state index is -1.85. The summed E-state index contributed by atoms with van der Waals surface area (Å²) in [5.41, 5.74) is -7.23. The third-order valence-corrected chi connectivity index (χ3v) is 12.0. The monoisotopic (exact) mass is 546 g/mol. The Labute approximate surface area is 229 Å². The highest BCUT2D eigenvalue weighted by Crippen LogP contribution is 2.70. The molecule has 3 N–H and O–H groups in total. The van der Waals surface area contributed by atoms with Gasteiger partial charge in [0, 0.05) is 30.3 Å². The van der Waals surface area contributed by atoms with Crippen LogP contribution in [0.1, 0.15) is 80.6 Å². The quantitative estimate of drug-likeness (QED) is 0.456. The predicted octanol–water partition coefficient (Wildman–Crippen LogP) is 2.54. The average Bonchev–Trinajstić information content (AvgIpc) is 3.08. The summed E-state index contributed by atoms with van der Waals surface area (Å²) in [6.07, 6.45) is 2.64. The van der Waals surface area contributed by atoms with Crippen molar-refractivity contribution in [2.75, 3.05) is 6.61 Å². The van der Waals surface area contributed by atoms with E-state index in [1.165, 1.54) is 19.9 Å². The molecule has 9 heteroatoms. The molecule has 0 amide bonds. The lowest BCUT2D eigenvalue weighted by Gasteiger charge is -2.66. The first kappa shape index (κ1) is 28.5. The van der Waals surface area contributed by atoms with Gasteiger partial charge in [-0.3, -0.25) is 9.59 Å². The van der Waals surface area contributed by atoms with Crippen LogP contribution in [0, 0.1) is 22.7 Å². The van der Waals surface area contributed by atoms with E-state index >= 15 is 0 Å². The smallest absolute Gasteiger partial charge is 0.334 e. The number of cyclic esters (lactones) is 1. The number of hydrogen-bond acceptors (Lipinski definition) is 9. The molecular weight excluding hydrogens is 504 g/mol. The maximum absolute atomic E-state index is 13.6. The molecule has 2 aliphatic heterocycles. The second-order valence-corrected chi connectivity index (χ2v) is 13.4. The minimum Gasteiger partial charge on any atom is -0.455 e. The number of fused-ring (bicyclic) bond motifs is 5. The number of ketones is 1. The van der Waals surface area contributed by atoms with E-state index in [1.54, 1.807) is 26.8 Å². The van der Waals surface area contributed by atoms with Crippen molar-refractivity contribution >= 4 is 17.7 Å². The third-order valence-electron chi connectivity index (χ3n) is 12.0. The number of ether oxygens (including phenoxy) is 3. The van der Waals surface area contributed by atoms with E-state index in [9.17, 15) is 29.7 Å². The summed E-state index contributed by atoms with van der Waals surface area (Å²) in [7, 11) is 0. The van der Waals surface area contributed by atoms with E-state index in [4.69, 9.17) is 14.2 Å². The van der Waals surface area contributed by atoms with Crippen LogP contribution in [0.5, 0.6) is 0 Å². The van der Waals surface area contributed by atoms with Gasteiger partial charge in [0.25, 0.3) is 0 Å². The van der Waals surface area contributed by atoms with Crippen LogP contribution in [0.25, 0.3) is 0 Å². The lowest BCUT2D eigenvalue weighted by molar-refractivity contribution is -0.313. The molecule has 0 aromatic carbocycles. The zero-order valence-corrected chi connectivity index (χ0v) is 24.0. The summed E-state index contributed by atoms with van der Waals surface area (Å²) in [5.74, 6) is -1.99. The van der Waals surface area contributed by atoms with Gasteiger partial charge < -0.3 is 29.5 Å². The number of esters is 2. The standard InChI is InChI=1S/C30H42O9/c1-16-14-23(39-24(33)17(16)2)27(6,34)30(36)13-12-29(35)20-15-37-28(7)22(38-18(3)31)9-8-21(32)26(28,5)19(20)10-11-25(29,30)4/h8-9,19-20,22-23,34-36H,10-15H2,1-7H3/t19?,20?,22-,23?,25-,26-,27-,28-,29+,30-/m0/s1. The van der Waals surface area contributed by atoms with E-state index in [2.05, 4.69) is 0 Å². The Morgan fingerprint density at radius 3 is 2.38 bits per heavy atom. The van der Waals surface area contributed by atoms with E-state index < -0.39 is 63.3 Å². The maximum Gasteiger partial charge on any atom is 0.334 e. The fraction of sp³-hybridized carbons (Fsp3) is 0.767. The van der Waals surface area contributed by atoms with Crippen molar-refractivity contribution in [3.63, 3.8) is 0 Å². The second kappa shape index (κ2) is 8.47. The molecule has 0 bridgehead atoms. The molecule has 0 radical (unpaired) electrons. The zero-order chi connectivity index (χ0) is 29.0. The third kappa shape index (κ3) is 3.30. The van der Waals surface area contributed by atoms with Crippen LogP contribution in [0.15, 0.2) is 23.3 Å². The van der Waals surface area contributed by atoms with Crippen LogP contribution >= 0.6 is 0 Å². The van der Waals surface area contributed by atoms with Crippen LogP contribution in [0.4, 0.5) is 0 Å². The highest BCUT2D eigenvalue weighted by Gasteiger charge is 2.78. The highest BCUT2D eigenvalue weighted by atomic mass is 16.6. The van der Waals surface area contributed by atoms with Crippen molar-refractivity contribution < 1.29 is 43.9 Å². The van der Waals surface area contributed by atoms with Crippen LogP contribution in [0.2, 0.25) is 0 Å². The Kier molecular flexibility index (Phi) is 6.18. The molecule has 2 heterocycles. The molecule has 10 atom stereocenters. The molecule has 0 aromatic rings. The molecule has 3 aliphatic carbocycles. The summed E-state index contributed by atoms with van der Waals surface area (Å²) < 4.78 is 17.6. The number of aliphatic hydroxyl groups is 3. The van der Waals surface area contributed by atoms with Gasteiger partial charge in [-0.15, -0.1) is 0 Å². The summed E-state index contributed by atoms with van der Waals surface area (Å²) >= 11 is 0. The van der Waals surface area contributed by atoms with Gasteiger partial charge in [-0.25, -0.2) is 4.79 Å². The Hall–Kier alpha value is -2.07. The fourth-order valence-corrected chi connectivity index (χ4v) is 8.93. The first-order valence-corrected chi connectivity index (χ1v) is 14.0. The summed E-state index contributed by atoms with van der Waals surface area (Å²) in [5, 5.41) is 36.8. The molecule has 216 valence electrons. The number of allylic oxidation sites excluding steroid dienone is 1. The predicted molar refractivity (Wildman–Crippen MR) is 139 cm³/mol. The average molecular weight is 547 g/mol. The van der Waals surface area contributed by atoms with Gasteiger partial charge >= 0.3 is 11.9 Å². The van der Waals surface area contributed by atoms with E-state index in [0.717, 1.165) is 5.57 Å². The van der Waals surface area contributed by atoms with Crippen molar-refractivity contribution in [2.45, 2.75) is 115 Å². The molecule has 3 unspecified atom stereocenters. The van der Waals surface area contributed by atoms with Crippen LogP contribution < -0.4 is 0 Å². The molecule has 3 fully saturated rings. The molecular formula is C30H42O9. The Bertz CT molecular complexity index is 1190. The van der Waals surface area contributed by atoms with Gasteiger partial charge in [0.15, 0.2) is 5.78 Å². The largest absolute Gasteiger partial charge is 0.455 e. The molecule has 39 heavy (non-hydrogen) atoms. The number of carbonyl (C=O) groups excluding carboxylic acids is 3. The Morgan fingerprint density at radius 2 is 1.77 bits per heavy atom. The van der Waals surface area contributed by atoms with Gasteiger partial charge in [-0.1, -0.05) is 12.5 Å². The van der Waals surface area contributed by atoms with Gasteiger partial charge in [0.05, 0.1) is 17.6 Å². The SMILES string of the molecule is CC(=O)O[C@H]1C=CC(=O)[C@]2(C)C3CC[C@]4(C)[C@](O)([C@@](C)(O)C5CC(C)=C(C)C(=O)O5)CC[C@@]4(O)C3CO[C@@]12C. The molecule has 5 rings (SSSR count). The van der Waals surface area contributed by atoms with Gasteiger partial charge in [-0.05, 0) is 78.4 Å². The van der Waals surface area contributed by atoms with Gasteiger partial charge in [-0.2, -0.15) is 0 Å². The fourth-order valence-electron chi connectivity index (χ4n) is 8.93. The van der Waals surface area contributed by atoms with Crippen LogP contribution in [0.3, 0.4) is 0 Å². The summed E-state index contributed by atoms with van der Waals surface area (Å²) in [6, 6.07) is 0. The van der Waals surface area contributed by atoms with E-state index in [1.807, 2.05) is 13.8 Å². The van der Waals surface area contributed by atoms with Crippen molar-refractivity contribution in [3.8, 4) is 0 Å². The first-order chi connectivity index (χ1) is 17.9. The van der Waals surface area contributed by atoms with Gasteiger partial charge in [0.1, 0.15) is 29.0 Å². The molecule has 0 spiro atoms. The topological polar surface area (TPSA) is 140 Å². The lowest BCUT2D eigenvalue weighted by Crippen LogP contribution is -2.76. The summed E-state index contributed by atoms with van der Waals surface area (Å²) in [4.78, 5) is 38.0. The molecule has 1 saturated heterocycles. The zero-order valence-electron chi connectivity index (χ0n) is 24.0. The van der Waals surface area contributed by atoms with E-state index in [-0.39, 0.29) is 37.6 Å². The Morgan fingerprint density at radius 1 is 1.10 bits per heavy atom. The van der Waals surface area contributed by atoms with E-state index in [0.29, 0.717) is 18.4 Å². The van der Waals surface area contributed by atoms with Gasteiger partial charge in [0.2, 0.25) is 0 Å². The lowest BCUT2D eigenvalue weighted by atomic mass is 9.44. The number of rotatable bonds is 3. The number of hydrogen-bond donors (Lipinski definition) is 3. The van der Waals surface area contributed by atoms with Crippen molar-refractivity contribution in [1.29, 1.82) is 0 Å². The molecule has 2 saturated carbocycles. The van der Waals surface area contributed by atoms with Crippen molar-refractivity contribution in [1.82, 2.24) is 0 Å². The highest BCUT2D eigenvalue weighted by molar-refractivity contribution is 5.97. The molecule has 5 aliphatic rings. The van der Waals surface area contributed by atoms with Crippen molar-refractivity contribution in [3.05, 3.63) is 23.3 Å². The summed E-state index contributed by atoms with van der Waals surface area (Å²) in [6.45, 7) is 11.8. The second-order valence-electron chi connectivity index (χ2n) is 13.4. The Balaban J connectivity index is 1.52.